The van der Waals surface area contributed by atoms with Crippen LogP contribution in [-0.4, -0.2) is 12.6 Å². The maximum atomic E-state index is 3.87. The number of hydrogen-bond acceptors (Lipinski definition) is 1. The average molecular weight is 193 g/mol. The third-order valence-corrected chi connectivity index (χ3v) is 4.07. The van der Waals surface area contributed by atoms with Crippen molar-refractivity contribution in [3.63, 3.8) is 0 Å². The van der Waals surface area contributed by atoms with Gasteiger partial charge in [0.05, 0.1) is 0 Å². The van der Waals surface area contributed by atoms with Crippen LogP contribution in [0.25, 0.3) is 0 Å². The summed E-state index contributed by atoms with van der Waals surface area (Å²) in [5.41, 5.74) is 0. The molecule has 0 spiro atoms. The van der Waals surface area contributed by atoms with Crippen LogP contribution >= 0.6 is 0 Å². The Labute approximate surface area is 88.0 Å². The molecule has 0 amide bonds. The Morgan fingerprint density at radius 3 is 2.50 bits per heavy atom. The molecule has 2 fully saturated rings. The molecule has 2 aliphatic carbocycles. The molecule has 3 atom stereocenters. The minimum atomic E-state index is 0.727. The summed E-state index contributed by atoms with van der Waals surface area (Å²) in [5.74, 6) is 3.11. The van der Waals surface area contributed by atoms with Crippen molar-refractivity contribution in [1.82, 2.24) is 5.32 Å². The van der Waals surface area contributed by atoms with E-state index in [4.69, 9.17) is 0 Å². The van der Waals surface area contributed by atoms with Crippen LogP contribution in [0.3, 0.4) is 0 Å². The smallest absolute Gasteiger partial charge is 0.0135 e. The molecule has 0 aromatic heterocycles. The lowest BCUT2D eigenvalue weighted by Crippen LogP contribution is -2.31. The lowest BCUT2D eigenvalue weighted by atomic mass is 10.0. The Kier molecular flexibility index (Phi) is 3.27. The Hall–Kier alpha value is -0.300. The lowest BCUT2D eigenvalue weighted by molar-refractivity contribution is 0.444. The maximum absolute atomic E-state index is 3.87. The summed E-state index contributed by atoms with van der Waals surface area (Å²) in [6.45, 7) is 7.19. The average Bonchev–Trinajstić information content (AvgIpc) is 2.91. The van der Waals surface area contributed by atoms with Gasteiger partial charge in [-0.2, -0.15) is 0 Å². The Morgan fingerprint density at radius 2 is 2.00 bits per heavy atom. The van der Waals surface area contributed by atoms with Gasteiger partial charge >= 0.3 is 0 Å². The highest BCUT2D eigenvalue weighted by Crippen LogP contribution is 2.57. The molecule has 2 aliphatic rings. The summed E-state index contributed by atoms with van der Waals surface area (Å²) in [5, 5.41) is 3.63. The molecule has 0 heterocycles. The van der Waals surface area contributed by atoms with Gasteiger partial charge in [0.1, 0.15) is 0 Å². The van der Waals surface area contributed by atoms with Gasteiger partial charge in [0.15, 0.2) is 0 Å². The van der Waals surface area contributed by atoms with Gasteiger partial charge < -0.3 is 5.32 Å². The molecule has 1 nitrogen and oxygen atoms in total. The fourth-order valence-corrected chi connectivity index (χ4v) is 3.46. The van der Waals surface area contributed by atoms with Gasteiger partial charge in [0, 0.05) is 6.04 Å². The third kappa shape index (κ3) is 1.88. The van der Waals surface area contributed by atoms with Crippen molar-refractivity contribution < 1.29 is 0 Å². The first-order valence-electron chi connectivity index (χ1n) is 6.22. The van der Waals surface area contributed by atoms with E-state index < -0.39 is 0 Å². The monoisotopic (exact) mass is 193 g/mol. The van der Waals surface area contributed by atoms with Gasteiger partial charge in [-0.25, -0.2) is 0 Å². The molecule has 0 aromatic rings. The van der Waals surface area contributed by atoms with Crippen LogP contribution in [0.1, 0.15) is 39.0 Å². The summed E-state index contributed by atoms with van der Waals surface area (Å²) in [6.07, 6.45) is 9.18. The van der Waals surface area contributed by atoms with E-state index in [0.717, 1.165) is 36.8 Å². The van der Waals surface area contributed by atoms with E-state index in [9.17, 15) is 0 Å². The van der Waals surface area contributed by atoms with Crippen LogP contribution in [0.4, 0.5) is 0 Å². The zero-order chi connectivity index (χ0) is 9.97. The lowest BCUT2D eigenvalue weighted by Gasteiger charge is -2.16. The first-order chi connectivity index (χ1) is 6.88. The zero-order valence-corrected chi connectivity index (χ0v) is 9.34. The largest absolute Gasteiger partial charge is 0.314 e. The second kappa shape index (κ2) is 4.48. The third-order valence-electron chi connectivity index (χ3n) is 4.07. The molecular weight excluding hydrogens is 170 g/mol. The number of hydrogen-bond donors (Lipinski definition) is 1. The Balaban J connectivity index is 1.88. The van der Waals surface area contributed by atoms with Crippen molar-refractivity contribution in [2.24, 2.45) is 17.8 Å². The van der Waals surface area contributed by atoms with E-state index in [-0.39, 0.29) is 0 Å². The van der Waals surface area contributed by atoms with Crippen LogP contribution in [0, 0.1) is 17.8 Å². The molecule has 2 saturated carbocycles. The van der Waals surface area contributed by atoms with Crippen molar-refractivity contribution in [1.29, 1.82) is 0 Å². The van der Waals surface area contributed by atoms with Crippen LogP contribution in [0.15, 0.2) is 12.7 Å². The van der Waals surface area contributed by atoms with E-state index in [1.54, 1.807) is 0 Å². The van der Waals surface area contributed by atoms with Gasteiger partial charge in [0.2, 0.25) is 0 Å². The van der Waals surface area contributed by atoms with Crippen molar-refractivity contribution in [3.8, 4) is 0 Å². The summed E-state index contributed by atoms with van der Waals surface area (Å²) in [4.78, 5) is 0. The highest BCUT2D eigenvalue weighted by Gasteiger charge is 2.53. The van der Waals surface area contributed by atoms with Crippen LogP contribution < -0.4 is 5.32 Å². The van der Waals surface area contributed by atoms with Crippen molar-refractivity contribution in [2.75, 3.05) is 6.54 Å². The maximum Gasteiger partial charge on any atom is 0.0135 e. The molecule has 3 unspecified atom stereocenters. The zero-order valence-electron chi connectivity index (χ0n) is 9.34. The molecule has 1 heteroatoms. The second-order valence-electron chi connectivity index (χ2n) is 4.88. The summed E-state index contributed by atoms with van der Waals surface area (Å²) in [6, 6.07) is 0.727. The Bertz CT molecular complexity index is 187. The van der Waals surface area contributed by atoms with Gasteiger partial charge in [-0.1, -0.05) is 25.8 Å². The molecule has 0 bridgehead atoms. The van der Waals surface area contributed by atoms with Crippen molar-refractivity contribution >= 4 is 0 Å². The highest BCUT2D eigenvalue weighted by molar-refractivity contribution is 5.05. The Morgan fingerprint density at radius 1 is 1.36 bits per heavy atom. The summed E-state index contributed by atoms with van der Waals surface area (Å²) >= 11 is 0. The minimum absolute atomic E-state index is 0.727. The molecule has 80 valence electrons. The standard InChI is InChI=1S/C13H23N/c1-3-7-12(14-4-2)13-10-8-5-6-9-11(10)13/h3,10-14H,1,4-9H2,2H3. The molecule has 0 aromatic carbocycles. The molecule has 14 heavy (non-hydrogen) atoms. The van der Waals surface area contributed by atoms with Crippen LogP contribution in [0.2, 0.25) is 0 Å². The fraction of sp³-hybridized carbons (Fsp3) is 0.846. The molecule has 0 radical (unpaired) electrons. The quantitative estimate of drug-likeness (QED) is 0.662. The topological polar surface area (TPSA) is 12.0 Å². The van der Waals surface area contributed by atoms with E-state index >= 15 is 0 Å². The summed E-state index contributed by atoms with van der Waals surface area (Å²) < 4.78 is 0. The van der Waals surface area contributed by atoms with Gasteiger partial charge in [-0.15, -0.1) is 6.58 Å². The molecule has 0 aliphatic heterocycles. The molecule has 1 N–H and O–H groups in total. The molecule has 2 rings (SSSR count). The van der Waals surface area contributed by atoms with Gasteiger partial charge in [-0.05, 0) is 43.6 Å². The van der Waals surface area contributed by atoms with Gasteiger partial charge in [-0.3, -0.25) is 0 Å². The first-order valence-corrected chi connectivity index (χ1v) is 6.22. The van der Waals surface area contributed by atoms with E-state index in [1.807, 2.05) is 0 Å². The van der Waals surface area contributed by atoms with Crippen LogP contribution in [0.5, 0.6) is 0 Å². The predicted molar refractivity (Wildman–Crippen MR) is 61.2 cm³/mol. The first kappa shape index (κ1) is 10.2. The predicted octanol–water partition coefficient (Wildman–Crippen LogP) is 2.98. The van der Waals surface area contributed by atoms with Crippen LogP contribution in [-0.2, 0) is 0 Å². The van der Waals surface area contributed by atoms with Crippen molar-refractivity contribution in [2.45, 2.75) is 45.1 Å². The van der Waals surface area contributed by atoms with E-state index in [1.165, 1.54) is 25.7 Å². The van der Waals surface area contributed by atoms with E-state index in [0.29, 0.717) is 0 Å². The molecular formula is C13H23N. The van der Waals surface area contributed by atoms with E-state index in [2.05, 4.69) is 24.9 Å². The minimum Gasteiger partial charge on any atom is -0.314 e. The number of fused-ring (bicyclic) bond motifs is 1. The second-order valence-corrected chi connectivity index (χ2v) is 4.88. The van der Waals surface area contributed by atoms with Crippen molar-refractivity contribution in [3.05, 3.63) is 12.7 Å². The normalized spacial score (nSPS) is 37.4. The van der Waals surface area contributed by atoms with Gasteiger partial charge in [0.25, 0.3) is 0 Å². The fourth-order valence-electron chi connectivity index (χ4n) is 3.46. The molecule has 0 saturated heterocycles. The number of rotatable bonds is 5. The number of nitrogens with one attached hydrogen (secondary N) is 1. The summed E-state index contributed by atoms with van der Waals surface area (Å²) in [7, 11) is 0. The highest BCUT2D eigenvalue weighted by atomic mass is 14.9. The SMILES string of the molecule is C=CCC(NCC)C1C2CCCCC21.